The van der Waals surface area contributed by atoms with Crippen LogP contribution in [-0.2, 0) is 36.6 Å². The molecule has 27 valence electrons. The maximum absolute atomic E-state index is 7.94. The van der Waals surface area contributed by atoms with Crippen molar-refractivity contribution in [3.8, 4) is 0 Å². The van der Waals surface area contributed by atoms with Gasteiger partial charge in [0.2, 0.25) is 0 Å². The van der Waals surface area contributed by atoms with E-state index in [9.17, 15) is 0 Å². The van der Waals surface area contributed by atoms with Gasteiger partial charge in [0, 0.05) is 17.1 Å². The Morgan fingerprint density at radius 2 is 1.25 bits per heavy atom. The van der Waals surface area contributed by atoms with Crippen molar-refractivity contribution in [3.63, 3.8) is 0 Å². The van der Waals surface area contributed by atoms with Crippen molar-refractivity contribution in [1.29, 1.82) is 0 Å². The summed E-state index contributed by atoms with van der Waals surface area (Å²) in [5, 5.41) is 0. The fourth-order valence-corrected chi connectivity index (χ4v) is 0. The van der Waals surface area contributed by atoms with Gasteiger partial charge >= 0.3 is 42.6 Å². The predicted octanol–water partition coefficient (Wildman–Crippen LogP) is -1.04. The molecule has 0 saturated heterocycles. The molecule has 0 amide bonds. The molecule has 0 N–H and O–H groups in total. The van der Waals surface area contributed by atoms with Crippen LogP contribution in [0.5, 0.6) is 0 Å². The Bertz CT molecular complexity index is 8.00. The van der Waals surface area contributed by atoms with E-state index in [0.717, 1.165) is 0 Å². The Morgan fingerprint density at radius 3 is 1.25 bits per heavy atom. The van der Waals surface area contributed by atoms with Gasteiger partial charge in [-0.05, 0) is 0 Å². The second-order valence-corrected chi connectivity index (χ2v) is 0. The van der Waals surface area contributed by atoms with Crippen molar-refractivity contribution in [2.75, 3.05) is 0 Å². The topological polar surface area (TPSA) is 17.1 Å². The van der Waals surface area contributed by atoms with Crippen molar-refractivity contribution in [2.45, 2.75) is 0 Å². The molecule has 0 unspecified atom stereocenters. The van der Waals surface area contributed by atoms with E-state index in [1.807, 2.05) is 0 Å². The van der Waals surface area contributed by atoms with Crippen LogP contribution in [0.25, 0.3) is 0 Å². The third-order valence-electron chi connectivity index (χ3n) is 0. The van der Waals surface area contributed by atoms with Gasteiger partial charge in [-0.1, -0.05) is 0 Å². The Morgan fingerprint density at radius 1 is 1.25 bits per heavy atom. The molecule has 0 aromatic rings. The first-order valence-electron chi connectivity index (χ1n) is 0.136. The van der Waals surface area contributed by atoms with Crippen molar-refractivity contribution in [2.24, 2.45) is 0 Å². The van der Waals surface area contributed by atoms with Gasteiger partial charge in [0.1, 0.15) is 0 Å². The number of hydrogen-bond donors (Lipinski definition) is 0. The van der Waals surface area contributed by atoms with Crippen molar-refractivity contribution in [3.05, 3.63) is 0 Å². The molecule has 0 heterocycles. The maximum atomic E-state index is 7.94. The summed E-state index contributed by atoms with van der Waals surface area (Å²) >= 11 is 2.31. The summed E-state index contributed by atoms with van der Waals surface area (Å²) in [6, 6.07) is 0. The Balaban J connectivity index is -0.00000000500. The molecule has 0 aromatic carbocycles. The summed E-state index contributed by atoms with van der Waals surface area (Å²) in [5.41, 5.74) is 0. The zero-order chi connectivity index (χ0) is 2.00. The second kappa shape index (κ2) is 23.4. The third-order valence-corrected chi connectivity index (χ3v) is 0. The molecule has 0 spiro atoms. The molecule has 0 aliphatic heterocycles. The van der Waals surface area contributed by atoms with E-state index in [4.69, 9.17) is 3.87 Å². The summed E-state index contributed by atoms with van der Waals surface area (Å²) in [6.45, 7) is 0. The summed E-state index contributed by atoms with van der Waals surface area (Å²) in [6.07, 6.45) is 0. The van der Waals surface area contributed by atoms with E-state index in [2.05, 4.69) is 15.7 Å². The molecular formula is H2CoFeMgO. The molecule has 0 aliphatic rings. The fourth-order valence-electron chi connectivity index (χ4n) is 0. The van der Waals surface area contributed by atoms with Gasteiger partial charge in [0.25, 0.3) is 0 Å². The van der Waals surface area contributed by atoms with Crippen molar-refractivity contribution < 1.29 is 36.6 Å². The molecule has 0 atom stereocenters. The standard InChI is InChI=1S/Co.Fe.Mg.O.2H. The van der Waals surface area contributed by atoms with Crippen LogP contribution in [0, 0.1) is 0 Å². The van der Waals surface area contributed by atoms with Crippen LogP contribution < -0.4 is 0 Å². The molecular weight excluding hydrogens is 155 g/mol. The normalized spacial score (nSPS) is 1.25. The van der Waals surface area contributed by atoms with E-state index >= 15 is 0 Å². The van der Waals surface area contributed by atoms with Crippen LogP contribution in [0.15, 0.2) is 0 Å². The summed E-state index contributed by atoms with van der Waals surface area (Å²) < 4.78 is 7.94. The molecule has 0 saturated carbocycles. The van der Waals surface area contributed by atoms with E-state index in [-0.39, 0.29) is 40.1 Å². The van der Waals surface area contributed by atoms with E-state index in [1.165, 1.54) is 0 Å². The predicted molar refractivity (Wildman–Crippen MR) is 9.23 cm³/mol. The Hall–Kier alpha value is 1.59. The fraction of sp³-hybridized carbons (Fsp3) is 0. The number of rotatable bonds is 0. The molecule has 4 heavy (non-hydrogen) atoms. The average Bonchev–Trinajstić information content (AvgIpc) is 1.00. The van der Waals surface area contributed by atoms with E-state index in [1.54, 1.807) is 0 Å². The monoisotopic (exact) mass is 157 g/mol. The van der Waals surface area contributed by atoms with Crippen LogP contribution in [0.2, 0.25) is 0 Å². The minimum atomic E-state index is 0. The molecule has 1 nitrogen and oxygen atoms in total. The molecule has 0 bridgehead atoms. The van der Waals surface area contributed by atoms with Gasteiger partial charge in [-0.25, -0.2) is 0 Å². The third kappa shape index (κ3) is 9.52. The van der Waals surface area contributed by atoms with Crippen LogP contribution in [0.3, 0.4) is 0 Å². The summed E-state index contributed by atoms with van der Waals surface area (Å²) in [4.78, 5) is 0. The first-order valence-corrected chi connectivity index (χ1v) is 0.561. The van der Waals surface area contributed by atoms with Crippen molar-refractivity contribution in [1.82, 2.24) is 0 Å². The molecule has 4 heteroatoms. The van der Waals surface area contributed by atoms with Crippen molar-refractivity contribution >= 4 is 23.1 Å². The van der Waals surface area contributed by atoms with Gasteiger partial charge in [-0.2, -0.15) is 0 Å². The first kappa shape index (κ1) is 17.6. The quantitative estimate of drug-likeness (QED) is 0.410. The zero-order valence-electron chi connectivity index (χ0n) is 1.10. The summed E-state index contributed by atoms with van der Waals surface area (Å²) in [5.74, 6) is 0. The van der Waals surface area contributed by atoms with Gasteiger partial charge in [0.05, 0.1) is 0 Å². The van der Waals surface area contributed by atoms with Crippen LogP contribution >= 0.6 is 0 Å². The van der Waals surface area contributed by atoms with E-state index in [0.29, 0.717) is 0 Å². The van der Waals surface area contributed by atoms with Gasteiger partial charge < -0.3 is 0 Å². The van der Waals surface area contributed by atoms with Gasteiger partial charge in [-0.3, -0.25) is 0 Å². The Labute approximate surface area is 59.3 Å². The second-order valence-electron chi connectivity index (χ2n) is 0. The van der Waals surface area contributed by atoms with Gasteiger partial charge in [0.15, 0.2) is 0 Å². The van der Waals surface area contributed by atoms with E-state index < -0.39 is 0 Å². The van der Waals surface area contributed by atoms with Crippen LogP contribution in [-0.4, -0.2) is 23.1 Å². The average molecular weight is 157 g/mol. The first-order chi connectivity index (χ1) is 1.00. The van der Waals surface area contributed by atoms with Gasteiger partial charge in [-0.15, -0.1) is 0 Å². The molecule has 0 radical (unpaired) electrons. The zero-order valence-corrected chi connectivity index (χ0v) is 3.24. The molecule has 0 fully saturated rings. The minimum absolute atomic E-state index is 0. The number of hydrogen-bond acceptors (Lipinski definition) is 1. The van der Waals surface area contributed by atoms with Crippen LogP contribution in [0.1, 0.15) is 0 Å². The summed E-state index contributed by atoms with van der Waals surface area (Å²) in [7, 11) is 0. The Kier molecular flexibility index (Phi) is 103. The molecule has 0 aromatic heterocycles. The van der Waals surface area contributed by atoms with Crippen LogP contribution in [0.4, 0.5) is 0 Å². The SMILES string of the molecule is [Fe].[MgH2].[O]=[Co]. The molecule has 0 aliphatic carbocycles. The molecule has 0 rings (SSSR count).